The zero-order chi connectivity index (χ0) is 14.2. The van der Waals surface area contributed by atoms with Crippen LogP contribution in [0, 0.1) is 5.92 Å². The molecule has 2 aromatic rings. The summed E-state index contributed by atoms with van der Waals surface area (Å²) < 4.78 is 2.43. The third-order valence-corrected chi connectivity index (χ3v) is 4.17. The number of piperidine rings is 1. The van der Waals surface area contributed by atoms with Crippen molar-refractivity contribution in [2.24, 2.45) is 5.92 Å². The standard InChI is InChI=1S/C17H25N3/c1-17(2,3)20-15-9-5-4-8-14(15)19-16(20)11-13-7-6-10-18-12-13/h4-5,8-9,13,18H,6-7,10-12H2,1-3H3. The predicted molar refractivity (Wildman–Crippen MR) is 84.0 cm³/mol. The van der Waals surface area contributed by atoms with Crippen LogP contribution in [0.3, 0.4) is 0 Å². The number of imidazole rings is 1. The molecular formula is C17H25N3. The second-order valence-corrected chi connectivity index (χ2v) is 6.94. The van der Waals surface area contributed by atoms with Crippen molar-refractivity contribution in [2.75, 3.05) is 13.1 Å². The fourth-order valence-corrected chi connectivity index (χ4v) is 3.32. The van der Waals surface area contributed by atoms with Crippen LogP contribution in [-0.4, -0.2) is 22.6 Å². The largest absolute Gasteiger partial charge is 0.323 e. The molecule has 1 unspecified atom stereocenters. The Hall–Kier alpha value is -1.35. The number of hydrogen-bond acceptors (Lipinski definition) is 2. The highest BCUT2D eigenvalue weighted by atomic mass is 15.1. The van der Waals surface area contributed by atoms with Crippen LogP contribution in [0.1, 0.15) is 39.4 Å². The number of aromatic nitrogens is 2. The molecule has 2 heterocycles. The summed E-state index contributed by atoms with van der Waals surface area (Å²) in [4.78, 5) is 4.91. The molecule has 3 rings (SSSR count). The van der Waals surface area contributed by atoms with Crippen molar-refractivity contribution >= 4 is 11.0 Å². The maximum atomic E-state index is 4.91. The van der Waals surface area contributed by atoms with E-state index in [0.29, 0.717) is 0 Å². The lowest BCUT2D eigenvalue weighted by Gasteiger charge is -2.27. The SMILES string of the molecule is CC(C)(C)n1c(CC2CCCNC2)nc2ccccc21. The van der Waals surface area contributed by atoms with Gasteiger partial charge in [-0.25, -0.2) is 4.98 Å². The first-order valence-electron chi connectivity index (χ1n) is 7.73. The maximum Gasteiger partial charge on any atom is 0.110 e. The number of nitrogens with zero attached hydrogens (tertiary/aromatic N) is 2. The van der Waals surface area contributed by atoms with Gasteiger partial charge in [-0.3, -0.25) is 0 Å². The van der Waals surface area contributed by atoms with Gasteiger partial charge in [-0.1, -0.05) is 12.1 Å². The summed E-state index contributed by atoms with van der Waals surface area (Å²) in [5.74, 6) is 1.97. The summed E-state index contributed by atoms with van der Waals surface area (Å²) in [6.07, 6.45) is 3.69. The summed E-state index contributed by atoms with van der Waals surface area (Å²) in [5, 5.41) is 3.51. The molecule has 1 fully saturated rings. The van der Waals surface area contributed by atoms with E-state index in [-0.39, 0.29) is 5.54 Å². The molecule has 1 aliphatic rings. The fraction of sp³-hybridized carbons (Fsp3) is 0.588. The molecule has 0 radical (unpaired) electrons. The van der Waals surface area contributed by atoms with Gasteiger partial charge in [0.25, 0.3) is 0 Å². The van der Waals surface area contributed by atoms with E-state index in [1.54, 1.807) is 0 Å². The van der Waals surface area contributed by atoms with E-state index in [1.807, 2.05) is 0 Å². The number of hydrogen-bond donors (Lipinski definition) is 1. The Kier molecular flexibility index (Phi) is 3.55. The molecule has 1 saturated heterocycles. The third-order valence-electron chi connectivity index (χ3n) is 4.17. The van der Waals surface area contributed by atoms with Crippen molar-refractivity contribution in [1.29, 1.82) is 0 Å². The molecule has 1 aliphatic heterocycles. The predicted octanol–water partition coefficient (Wildman–Crippen LogP) is 3.33. The smallest absolute Gasteiger partial charge is 0.110 e. The van der Waals surface area contributed by atoms with Gasteiger partial charge < -0.3 is 9.88 Å². The van der Waals surface area contributed by atoms with E-state index in [2.05, 4.69) is 54.9 Å². The lowest BCUT2D eigenvalue weighted by atomic mass is 9.95. The zero-order valence-electron chi connectivity index (χ0n) is 12.8. The monoisotopic (exact) mass is 271 g/mol. The molecule has 20 heavy (non-hydrogen) atoms. The lowest BCUT2D eigenvalue weighted by Crippen LogP contribution is -2.32. The molecule has 0 aliphatic carbocycles. The Balaban J connectivity index is 2.00. The van der Waals surface area contributed by atoms with Crippen LogP contribution in [0.2, 0.25) is 0 Å². The molecule has 3 heteroatoms. The Morgan fingerprint density at radius 1 is 1.30 bits per heavy atom. The quantitative estimate of drug-likeness (QED) is 0.908. The van der Waals surface area contributed by atoms with Crippen LogP contribution in [0.5, 0.6) is 0 Å². The Labute approximate surface area is 121 Å². The maximum absolute atomic E-state index is 4.91. The van der Waals surface area contributed by atoms with Crippen molar-refractivity contribution in [3.8, 4) is 0 Å². The minimum atomic E-state index is 0.0769. The van der Waals surface area contributed by atoms with Crippen LogP contribution < -0.4 is 5.32 Å². The number of benzene rings is 1. The fourth-order valence-electron chi connectivity index (χ4n) is 3.32. The van der Waals surface area contributed by atoms with Gasteiger partial charge in [0.05, 0.1) is 11.0 Å². The van der Waals surface area contributed by atoms with Crippen LogP contribution in [0.4, 0.5) is 0 Å². The summed E-state index contributed by atoms with van der Waals surface area (Å²) in [6.45, 7) is 9.11. The van der Waals surface area contributed by atoms with Crippen molar-refractivity contribution in [3.63, 3.8) is 0 Å². The normalized spacial score (nSPS) is 20.4. The highest BCUT2D eigenvalue weighted by Crippen LogP contribution is 2.27. The number of fused-ring (bicyclic) bond motifs is 1. The molecule has 1 aromatic heterocycles. The number of nitrogens with one attached hydrogen (secondary N) is 1. The molecule has 1 aromatic carbocycles. The van der Waals surface area contributed by atoms with Crippen LogP contribution >= 0.6 is 0 Å². The van der Waals surface area contributed by atoms with E-state index in [4.69, 9.17) is 4.98 Å². The van der Waals surface area contributed by atoms with Gasteiger partial charge in [-0.05, 0) is 64.8 Å². The van der Waals surface area contributed by atoms with Crippen LogP contribution in [0.15, 0.2) is 24.3 Å². The van der Waals surface area contributed by atoms with Crippen molar-refractivity contribution in [2.45, 2.75) is 45.6 Å². The second kappa shape index (κ2) is 5.21. The summed E-state index contributed by atoms with van der Waals surface area (Å²) >= 11 is 0. The lowest BCUT2D eigenvalue weighted by molar-refractivity contribution is 0.343. The van der Waals surface area contributed by atoms with Crippen molar-refractivity contribution in [1.82, 2.24) is 14.9 Å². The summed E-state index contributed by atoms with van der Waals surface area (Å²) in [6, 6.07) is 8.50. The third kappa shape index (κ3) is 2.59. The molecule has 0 spiro atoms. The molecule has 3 nitrogen and oxygen atoms in total. The molecule has 0 bridgehead atoms. The van der Waals surface area contributed by atoms with Crippen LogP contribution in [0.25, 0.3) is 11.0 Å². The first-order valence-corrected chi connectivity index (χ1v) is 7.73. The Morgan fingerprint density at radius 2 is 2.10 bits per heavy atom. The highest BCUT2D eigenvalue weighted by Gasteiger charge is 2.23. The highest BCUT2D eigenvalue weighted by molar-refractivity contribution is 5.76. The molecule has 1 N–H and O–H groups in total. The average molecular weight is 271 g/mol. The van der Waals surface area contributed by atoms with E-state index in [1.165, 1.54) is 30.7 Å². The first kappa shape index (κ1) is 13.6. The minimum Gasteiger partial charge on any atom is -0.323 e. The van der Waals surface area contributed by atoms with Crippen molar-refractivity contribution < 1.29 is 0 Å². The molecule has 0 amide bonds. The van der Waals surface area contributed by atoms with Gasteiger partial charge in [0.1, 0.15) is 5.82 Å². The number of para-hydroxylation sites is 2. The first-order chi connectivity index (χ1) is 9.55. The average Bonchev–Trinajstić information content (AvgIpc) is 2.77. The van der Waals surface area contributed by atoms with E-state index in [9.17, 15) is 0 Å². The molecule has 0 saturated carbocycles. The van der Waals surface area contributed by atoms with E-state index >= 15 is 0 Å². The van der Waals surface area contributed by atoms with Gasteiger partial charge in [0.2, 0.25) is 0 Å². The summed E-state index contributed by atoms with van der Waals surface area (Å²) in [7, 11) is 0. The summed E-state index contributed by atoms with van der Waals surface area (Å²) in [5.41, 5.74) is 2.47. The van der Waals surface area contributed by atoms with Gasteiger partial charge in [0.15, 0.2) is 0 Å². The van der Waals surface area contributed by atoms with Crippen LogP contribution in [-0.2, 0) is 12.0 Å². The van der Waals surface area contributed by atoms with E-state index in [0.717, 1.165) is 24.4 Å². The minimum absolute atomic E-state index is 0.0769. The Morgan fingerprint density at radius 3 is 2.80 bits per heavy atom. The van der Waals surface area contributed by atoms with Gasteiger partial charge >= 0.3 is 0 Å². The topological polar surface area (TPSA) is 29.9 Å². The molecule has 1 atom stereocenters. The molecular weight excluding hydrogens is 246 g/mol. The molecule has 108 valence electrons. The zero-order valence-corrected chi connectivity index (χ0v) is 12.8. The van der Waals surface area contributed by atoms with Gasteiger partial charge in [0, 0.05) is 12.0 Å². The van der Waals surface area contributed by atoms with E-state index < -0.39 is 0 Å². The van der Waals surface area contributed by atoms with Gasteiger partial charge in [-0.15, -0.1) is 0 Å². The van der Waals surface area contributed by atoms with Gasteiger partial charge in [-0.2, -0.15) is 0 Å². The van der Waals surface area contributed by atoms with Crippen molar-refractivity contribution in [3.05, 3.63) is 30.1 Å². The number of rotatable bonds is 2. The second-order valence-electron chi connectivity index (χ2n) is 6.94. The Bertz CT molecular complexity index is 586.